The Labute approximate surface area is 84.1 Å². The van der Waals surface area contributed by atoms with Gasteiger partial charge in [-0.15, -0.1) is 0 Å². The van der Waals surface area contributed by atoms with Gasteiger partial charge in [0.1, 0.15) is 0 Å². The van der Waals surface area contributed by atoms with Crippen molar-refractivity contribution in [3.05, 3.63) is 0 Å². The van der Waals surface area contributed by atoms with Crippen LogP contribution in [-0.2, 0) is 4.74 Å². The molecule has 0 unspecified atom stereocenters. The topological polar surface area (TPSA) is 74.4 Å². The molecule has 0 aromatic carbocycles. The standard InChI is InChI=1S/C9H18N4O/c10-8(11)13-4-1-9(2-5-13)7-12-3-6-14-9/h12H,1-7H2,(H3,10,11). The highest BCUT2D eigenvalue weighted by atomic mass is 16.5. The van der Waals surface area contributed by atoms with Gasteiger partial charge in [-0.3, -0.25) is 5.41 Å². The first-order valence-corrected chi connectivity index (χ1v) is 5.16. The Hall–Kier alpha value is -0.810. The summed E-state index contributed by atoms with van der Waals surface area (Å²) in [5.74, 6) is 0.184. The first-order chi connectivity index (χ1) is 6.72. The number of guanidine groups is 1. The van der Waals surface area contributed by atoms with Gasteiger partial charge in [-0.1, -0.05) is 0 Å². The largest absolute Gasteiger partial charge is 0.372 e. The van der Waals surface area contributed by atoms with E-state index in [1.807, 2.05) is 4.90 Å². The Balaban J connectivity index is 1.90. The molecule has 2 fully saturated rings. The second kappa shape index (κ2) is 3.74. The van der Waals surface area contributed by atoms with Crippen LogP contribution >= 0.6 is 0 Å². The lowest BCUT2D eigenvalue weighted by atomic mass is 9.90. The first-order valence-electron chi connectivity index (χ1n) is 5.16. The number of ether oxygens (including phenoxy) is 1. The number of nitrogens with zero attached hydrogens (tertiary/aromatic N) is 1. The first kappa shape index (κ1) is 9.73. The van der Waals surface area contributed by atoms with Gasteiger partial charge in [0.25, 0.3) is 0 Å². The number of hydrogen-bond donors (Lipinski definition) is 3. The van der Waals surface area contributed by atoms with Crippen molar-refractivity contribution < 1.29 is 4.74 Å². The van der Waals surface area contributed by atoms with Gasteiger partial charge in [0.15, 0.2) is 5.96 Å². The number of nitrogens with one attached hydrogen (secondary N) is 2. The highest BCUT2D eigenvalue weighted by Gasteiger charge is 2.37. The molecular weight excluding hydrogens is 180 g/mol. The van der Waals surface area contributed by atoms with E-state index in [2.05, 4.69) is 5.32 Å². The highest BCUT2D eigenvalue weighted by molar-refractivity contribution is 5.74. The van der Waals surface area contributed by atoms with Crippen LogP contribution in [0.3, 0.4) is 0 Å². The van der Waals surface area contributed by atoms with Crippen molar-refractivity contribution >= 4 is 5.96 Å². The average molecular weight is 198 g/mol. The van der Waals surface area contributed by atoms with Crippen molar-refractivity contribution in [3.8, 4) is 0 Å². The second-order valence-corrected chi connectivity index (χ2v) is 4.08. The minimum Gasteiger partial charge on any atom is -0.372 e. The van der Waals surface area contributed by atoms with E-state index in [0.29, 0.717) is 0 Å². The van der Waals surface area contributed by atoms with Crippen LogP contribution < -0.4 is 11.1 Å². The van der Waals surface area contributed by atoms with E-state index in [0.717, 1.165) is 45.6 Å². The zero-order valence-corrected chi connectivity index (χ0v) is 8.38. The van der Waals surface area contributed by atoms with Gasteiger partial charge in [0.2, 0.25) is 0 Å². The number of nitrogens with two attached hydrogens (primary N) is 1. The van der Waals surface area contributed by atoms with E-state index < -0.39 is 0 Å². The quantitative estimate of drug-likeness (QED) is 0.356. The predicted molar refractivity (Wildman–Crippen MR) is 54.3 cm³/mol. The van der Waals surface area contributed by atoms with Crippen molar-refractivity contribution in [2.24, 2.45) is 5.73 Å². The van der Waals surface area contributed by atoms with Crippen molar-refractivity contribution in [2.75, 3.05) is 32.8 Å². The summed E-state index contributed by atoms with van der Waals surface area (Å²) in [5.41, 5.74) is 5.46. The summed E-state index contributed by atoms with van der Waals surface area (Å²) in [6, 6.07) is 0. The summed E-state index contributed by atoms with van der Waals surface area (Å²) in [6.45, 7) is 4.39. The third-order valence-corrected chi connectivity index (χ3v) is 3.15. The van der Waals surface area contributed by atoms with Gasteiger partial charge in [-0.25, -0.2) is 0 Å². The number of rotatable bonds is 0. The molecule has 0 amide bonds. The normalized spacial score (nSPS) is 26.4. The molecule has 5 nitrogen and oxygen atoms in total. The van der Waals surface area contributed by atoms with E-state index in [1.54, 1.807) is 0 Å². The maximum absolute atomic E-state index is 7.34. The van der Waals surface area contributed by atoms with Crippen molar-refractivity contribution in [1.29, 1.82) is 5.41 Å². The molecular formula is C9H18N4O. The van der Waals surface area contributed by atoms with Gasteiger partial charge in [0.05, 0.1) is 12.2 Å². The number of hydrogen-bond acceptors (Lipinski definition) is 3. The van der Waals surface area contributed by atoms with Crippen LogP contribution in [0.2, 0.25) is 0 Å². The molecule has 4 N–H and O–H groups in total. The molecule has 2 heterocycles. The lowest BCUT2D eigenvalue weighted by molar-refractivity contribution is -0.0930. The molecule has 0 radical (unpaired) electrons. The Morgan fingerprint density at radius 2 is 2.14 bits per heavy atom. The van der Waals surface area contributed by atoms with Crippen molar-refractivity contribution in [1.82, 2.24) is 10.2 Å². The maximum Gasteiger partial charge on any atom is 0.188 e. The molecule has 80 valence electrons. The van der Waals surface area contributed by atoms with E-state index in [4.69, 9.17) is 15.9 Å². The molecule has 5 heteroatoms. The second-order valence-electron chi connectivity index (χ2n) is 4.08. The minimum absolute atomic E-state index is 0.0181. The van der Waals surface area contributed by atoms with Crippen LogP contribution in [0, 0.1) is 5.41 Å². The molecule has 0 aromatic heterocycles. The Kier molecular flexibility index (Phi) is 2.60. The zero-order chi connectivity index (χ0) is 10.0. The fourth-order valence-electron chi connectivity index (χ4n) is 2.18. The number of piperidine rings is 1. The summed E-state index contributed by atoms with van der Waals surface area (Å²) in [4.78, 5) is 1.91. The fraction of sp³-hybridized carbons (Fsp3) is 0.889. The predicted octanol–water partition coefficient (Wildman–Crippen LogP) is -0.666. The van der Waals surface area contributed by atoms with E-state index >= 15 is 0 Å². The van der Waals surface area contributed by atoms with Crippen LogP contribution in [-0.4, -0.2) is 49.2 Å². The summed E-state index contributed by atoms with van der Waals surface area (Å²) >= 11 is 0. The lowest BCUT2D eigenvalue weighted by Gasteiger charge is -2.44. The van der Waals surface area contributed by atoms with Crippen LogP contribution in [0.1, 0.15) is 12.8 Å². The van der Waals surface area contributed by atoms with Crippen LogP contribution in [0.25, 0.3) is 0 Å². The molecule has 2 aliphatic heterocycles. The molecule has 2 aliphatic rings. The summed E-state index contributed by atoms with van der Waals surface area (Å²) in [7, 11) is 0. The Bertz CT molecular complexity index is 215. The van der Waals surface area contributed by atoms with Gasteiger partial charge < -0.3 is 20.7 Å². The maximum atomic E-state index is 7.34. The molecule has 2 saturated heterocycles. The average Bonchev–Trinajstić information content (AvgIpc) is 2.19. The van der Waals surface area contributed by atoms with Gasteiger partial charge >= 0.3 is 0 Å². The molecule has 0 saturated carbocycles. The van der Waals surface area contributed by atoms with Crippen molar-refractivity contribution in [2.45, 2.75) is 18.4 Å². The van der Waals surface area contributed by atoms with Crippen LogP contribution in [0.4, 0.5) is 0 Å². The summed E-state index contributed by atoms with van der Waals surface area (Å²) in [5, 5.41) is 10.7. The Morgan fingerprint density at radius 3 is 2.64 bits per heavy atom. The third-order valence-electron chi connectivity index (χ3n) is 3.15. The van der Waals surface area contributed by atoms with Crippen molar-refractivity contribution in [3.63, 3.8) is 0 Å². The smallest absolute Gasteiger partial charge is 0.188 e. The third kappa shape index (κ3) is 1.83. The molecule has 14 heavy (non-hydrogen) atoms. The van der Waals surface area contributed by atoms with Gasteiger partial charge in [-0.05, 0) is 12.8 Å². The molecule has 0 bridgehead atoms. The zero-order valence-electron chi connectivity index (χ0n) is 8.38. The minimum atomic E-state index is 0.0181. The van der Waals surface area contributed by atoms with Crippen LogP contribution in [0.15, 0.2) is 0 Å². The molecule has 0 aliphatic carbocycles. The Morgan fingerprint density at radius 1 is 1.43 bits per heavy atom. The summed E-state index contributed by atoms with van der Waals surface area (Å²) in [6.07, 6.45) is 1.94. The SMILES string of the molecule is N=C(N)N1CCC2(CC1)CNCCO2. The monoisotopic (exact) mass is 198 g/mol. The molecule has 2 rings (SSSR count). The van der Waals surface area contributed by atoms with E-state index in [-0.39, 0.29) is 11.6 Å². The molecule has 1 spiro atoms. The lowest BCUT2D eigenvalue weighted by Crippen LogP contribution is -2.57. The number of morpholine rings is 1. The van der Waals surface area contributed by atoms with Gasteiger partial charge in [-0.2, -0.15) is 0 Å². The molecule has 0 aromatic rings. The number of likely N-dealkylation sites (tertiary alicyclic amines) is 1. The van der Waals surface area contributed by atoms with E-state index in [1.165, 1.54) is 0 Å². The summed E-state index contributed by atoms with van der Waals surface area (Å²) < 4.78 is 5.83. The molecule has 0 atom stereocenters. The highest BCUT2D eigenvalue weighted by Crippen LogP contribution is 2.26. The van der Waals surface area contributed by atoms with Crippen LogP contribution in [0.5, 0.6) is 0 Å². The van der Waals surface area contributed by atoms with E-state index in [9.17, 15) is 0 Å². The van der Waals surface area contributed by atoms with Gasteiger partial charge in [0, 0.05) is 26.2 Å². The fourth-order valence-corrected chi connectivity index (χ4v) is 2.18.